The van der Waals surface area contributed by atoms with Gasteiger partial charge in [0.1, 0.15) is 23.9 Å². The number of hydrogen-bond donors (Lipinski definition) is 5. The lowest BCUT2D eigenvalue weighted by Gasteiger charge is -2.38. The zero-order valence-electron chi connectivity index (χ0n) is 28.0. The number of carbonyl (C=O) groups excluding carboxylic acids is 3. The van der Waals surface area contributed by atoms with Gasteiger partial charge in [0.05, 0.1) is 7.11 Å². The molecule has 52 heavy (non-hydrogen) atoms. The number of carboxylic acid groups (broad SMARTS) is 2. The maximum absolute atomic E-state index is 13.6. The number of ether oxygens (including phenoxy) is 2. The van der Waals surface area contributed by atoms with E-state index in [0.717, 1.165) is 17.0 Å². The van der Waals surface area contributed by atoms with E-state index < -0.39 is 47.9 Å². The van der Waals surface area contributed by atoms with Crippen molar-refractivity contribution >= 4 is 29.8 Å². The second kappa shape index (κ2) is 17.8. The van der Waals surface area contributed by atoms with Crippen molar-refractivity contribution in [1.29, 1.82) is 0 Å². The molecule has 2 saturated heterocycles. The SMILES string of the molecule is COC(=O)N1CCC([C@H](C(=O)NO)N2CCC(N)(c3ccc(OCc4cc(C)nc(C)c4)cc3)C2=O)CC1.O=C(O)C(F)(F)F.O=C(O)C(F)(F)F. The summed E-state index contributed by atoms with van der Waals surface area (Å²) in [6.45, 7) is 5.31. The number of hydrogen-bond acceptors (Lipinski definition) is 10. The van der Waals surface area contributed by atoms with E-state index in [1.165, 1.54) is 12.0 Å². The first-order valence-corrected chi connectivity index (χ1v) is 15.2. The Morgan fingerprint density at radius 3 is 1.87 bits per heavy atom. The molecule has 2 aromatic rings. The Hall–Kier alpha value is -5.18. The predicted molar refractivity (Wildman–Crippen MR) is 164 cm³/mol. The number of halogens is 6. The van der Waals surface area contributed by atoms with Gasteiger partial charge in [-0.25, -0.2) is 19.9 Å². The van der Waals surface area contributed by atoms with Crippen LogP contribution in [0.15, 0.2) is 36.4 Å². The van der Waals surface area contributed by atoms with Gasteiger partial charge in [-0.3, -0.25) is 19.8 Å². The number of pyridine rings is 1. The molecule has 1 unspecified atom stereocenters. The third-order valence-electron chi connectivity index (χ3n) is 7.92. The van der Waals surface area contributed by atoms with Crippen LogP contribution in [0.25, 0.3) is 0 Å². The van der Waals surface area contributed by atoms with Crippen molar-refractivity contribution in [1.82, 2.24) is 20.3 Å². The molecule has 0 bridgehead atoms. The molecule has 3 heterocycles. The molecule has 0 aliphatic carbocycles. The highest BCUT2D eigenvalue weighted by molar-refractivity contribution is 5.94. The van der Waals surface area contributed by atoms with Crippen LogP contribution in [0, 0.1) is 19.8 Å². The quantitative estimate of drug-likeness (QED) is 0.156. The van der Waals surface area contributed by atoms with Gasteiger partial charge in [0.15, 0.2) is 0 Å². The topological polar surface area (TPSA) is 222 Å². The number of rotatable bonds is 7. The number of nitrogens with zero attached hydrogens (tertiary/aromatic N) is 3. The first-order valence-electron chi connectivity index (χ1n) is 15.2. The Balaban J connectivity index is 0.000000564. The number of nitrogens with one attached hydrogen (secondary N) is 1. The van der Waals surface area contributed by atoms with Crippen molar-refractivity contribution in [2.24, 2.45) is 11.7 Å². The molecule has 1 aromatic carbocycles. The predicted octanol–water partition coefficient (Wildman–Crippen LogP) is 3.28. The average Bonchev–Trinajstić information content (AvgIpc) is 3.37. The summed E-state index contributed by atoms with van der Waals surface area (Å²) >= 11 is 0. The normalized spacial score (nSPS) is 18.2. The van der Waals surface area contributed by atoms with Crippen molar-refractivity contribution in [3.05, 3.63) is 58.9 Å². The molecule has 2 aliphatic rings. The molecule has 2 fully saturated rings. The van der Waals surface area contributed by atoms with Crippen LogP contribution in [0.4, 0.5) is 31.1 Å². The molecular formula is C31H37F6N5O10. The second-order valence-electron chi connectivity index (χ2n) is 11.6. The lowest BCUT2D eigenvalue weighted by atomic mass is 9.87. The number of hydroxylamine groups is 1. The standard InChI is InChI=1S/C27H35N5O6.2C2HF3O2/c1-17-14-19(15-18(2)29-17)16-38-22-6-4-21(5-7-22)27(28)10-13-32(25(27)34)23(24(33)30-36)20-8-11-31(12-9-20)26(35)37-3;2*3-2(4,5)1(6)7/h4-7,14-15,20,23,36H,8-13,16,28H2,1-3H3,(H,30,33);2*(H,6,7)/t23-,27?;;/m1../s1. The van der Waals surface area contributed by atoms with Crippen LogP contribution in [0.5, 0.6) is 5.75 Å². The van der Waals surface area contributed by atoms with Gasteiger partial charge in [-0.1, -0.05) is 12.1 Å². The van der Waals surface area contributed by atoms with Crippen molar-refractivity contribution in [2.75, 3.05) is 26.7 Å². The number of carbonyl (C=O) groups is 5. The van der Waals surface area contributed by atoms with Crippen molar-refractivity contribution < 1.29 is 75.2 Å². The average molecular weight is 754 g/mol. The Morgan fingerprint density at radius 2 is 1.44 bits per heavy atom. The fourth-order valence-corrected chi connectivity index (χ4v) is 5.52. The van der Waals surface area contributed by atoms with Gasteiger partial charge in [-0.05, 0) is 74.4 Å². The first kappa shape index (κ1) is 43.0. The zero-order chi connectivity index (χ0) is 39.6. The number of piperidine rings is 1. The number of benzene rings is 1. The molecule has 1 aromatic heterocycles. The largest absolute Gasteiger partial charge is 0.490 e. The van der Waals surface area contributed by atoms with Crippen LogP contribution in [-0.2, 0) is 36.1 Å². The number of methoxy groups -OCH3 is 1. The smallest absolute Gasteiger partial charge is 0.489 e. The zero-order valence-corrected chi connectivity index (χ0v) is 28.0. The lowest BCUT2D eigenvalue weighted by molar-refractivity contribution is -0.193. The Morgan fingerprint density at radius 1 is 0.962 bits per heavy atom. The Kier molecular flexibility index (Phi) is 14.8. The third kappa shape index (κ3) is 11.7. The Bertz CT molecular complexity index is 1540. The molecule has 0 spiro atoms. The van der Waals surface area contributed by atoms with E-state index in [1.807, 2.05) is 26.0 Å². The lowest BCUT2D eigenvalue weighted by Crippen LogP contribution is -2.56. The van der Waals surface area contributed by atoms with Gasteiger partial charge in [0, 0.05) is 31.0 Å². The van der Waals surface area contributed by atoms with Crippen LogP contribution in [-0.4, -0.2) is 105 Å². The fourth-order valence-electron chi connectivity index (χ4n) is 5.52. The highest BCUT2D eigenvalue weighted by Crippen LogP contribution is 2.36. The molecular weight excluding hydrogens is 716 g/mol. The van der Waals surface area contributed by atoms with Gasteiger partial charge in [0.25, 0.3) is 5.91 Å². The maximum Gasteiger partial charge on any atom is 0.490 e. The summed E-state index contributed by atoms with van der Waals surface area (Å²) < 4.78 is 74.2. The summed E-state index contributed by atoms with van der Waals surface area (Å²) in [5, 5.41) is 23.7. The summed E-state index contributed by atoms with van der Waals surface area (Å²) in [6, 6.07) is 10.2. The molecule has 2 atom stereocenters. The van der Waals surface area contributed by atoms with Gasteiger partial charge in [-0.15, -0.1) is 0 Å². The molecule has 15 nitrogen and oxygen atoms in total. The summed E-state index contributed by atoms with van der Waals surface area (Å²) in [7, 11) is 1.32. The minimum atomic E-state index is -5.08. The van der Waals surface area contributed by atoms with Crippen LogP contribution in [0.1, 0.15) is 41.8 Å². The molecule has 21 heteroatoms. The van der Waals surface area contributed by atoms with E-state index in [-0.39, 0.29) is 18.4 Å². The maximum atomic E-state index is 13.6. The number of aromatic nitrogens is 1. The summed E-state index contributed by atoms with van der Waals surface area (Å²) in [5.41, 5.74) is 10.5. The minimum absolute atomic E-state index is 0.245. The highest BCUT2D eigenvalue weighted by atomic mass is 19.4. The van der Waals surface area contributed by atoms with Gasteiger partial charge >= 0.3 is 30.4 Å². The third-order valence-corrected chi connectivity index (χ3v) is 7.92. The Labute approximate surface area is 292 Å². The molecule has 0 saturated carbocycles. The number of amides is 3. The van der Waals surface area contributed by atoms with E-state index in [4.69, 9.17) is 35.0 Å². The number of likely N-dealkylation sites (tertiary alicyclic amines) is 2. The van der Waals surface area contributed by atoms with E-state index in [9.17, 15) is 45.9 Å². The number of alkyl halides is 6. The van der Waals surface area contributed by atoms with Crippen molar-refractivity contribution in [3.63, 3.8) is 0 Å². The van der Waals surface area contributed by atoms with Gasteiger partial charge in [-0.2, -0.15) is 26.3 Å². The number of aliphatic carboxylic acids is 2. The fraction of sp³-hybridized carbons (Fsp3) is 0.484. The number of nitrogens with two attached hydrogens (primary N) is 1. The monoisotopic (exact) mass is 753 g/mol. The number of carboxylic acids is 2. The highest BCUT2D eigenvalue weighted by Gasteiger charge is 2.50. The molecule has 4 rings (SSSR count). The van der Waals surface area contributed by atoms with Crippen LogP contribution < -0.4 is 16.0 Å². The number of aryl methyl sites for hydroxylation is 2. The van der Waals surface area contributed by atoms with Crippen molar-refractivity contribution in [2.45, 2.75) is 63.7 Å². The van der Waals surface area contributed by atoms with E-state index >= 15 is 0 Å². The van der Waals surface area contributed by atoms with Crippen LogP contribution >= 0.6 is 0 Å². The molecule has 288 valence electrons. The minimum Gasteiger partial charge on any atom is -0.489 e. The van der Waals surface area contributed by atoms with Gasteiger partial charge in [0.2, 0.25) is 5.91 Å². The first-order chi connectivity index (χ1) is 24.0. The van der Waals surface area contributed by atoms with Gasteiger partial charge < -0.3 is 35.2 Å². The van der Waals surface area contributed by atoms with E-state index in [2.05, 4.69) is 4.98 Å². The van der Waals surface area contributed by atoms with E-state index in [1.54, 1.807) is 34.6 Å². The molecule has 3 amide bonds. The molecule has 0 radical (unpaired) electrons. The second-order valence-corrected chi connectivity index (χ2v) is 11.6. The van der Waals surface area contributed by atoms with Crippen LogP contribution in [0.2, 0.25) is 0 Å². The summed E-state index contributed by atoms with van der Waals surface area (Å²) in [6.07, 6.45) is -9.31. The summed E-state index contributed by atoms with van der Waals surface area (Å²) in [5.74, 6) is -6.16. The van der Waals surface area contributed by atoms with E-state index in [0.29, 0.717) is 50.3 Å². The molecule has 2 aliphatic heterocycles. The van der Waals surface area contributed by atoms with Crippen LogP contribution in [0.3, 0.4) is 0 Å². The summed E-state index contributed by atoms with van der Waals surface area (Å²) in [4.78, 5) is 63.4. The molecule has 6 N–H and O–H groups in total. The van der Waals surface area contributed by atoms with Crippen molar-refractivity contribution in [3.8, 4) is 5.75 Å².